The first kappa shape index (κ1) is 15.3. The van der Waals surface area contributed by atoms with Crippen LogP contribution >= 0.6 is 12.2 Å². The minimum Gasteiger partial charge on any atom is -0.491 e. The van der Waals surface area contributed by atoms with Gasteiger partial charge in [0.25, 0.3) is 0 Å². The first-order valence-corrected chi connectivity index (χ1v) is 7.72. The van der Waals surface area contributed by atoms with E-state index in [2.05, 4.69) is 6.92 Å². The number of ether oxygens (including phenoxy) is 2. The summed E-state index contributed by atoms with van der Waals surface area (Å²) in [5.41, 5.74) is 6.41. The molecule has 1 aliphatic rings. The third kappa shape index (κ3) is 4.46. The molecule has 1 aromatic carbocycles. The molecule has 0 saturated heterocycles. The summed E-state index contributed by atoms with van der Waals surface area (Å²) < 4.78 is 11.6. The van der Waals surface area contributed by atoms with Gasteiger partial charge in [-0.15, -0.1) is 0 Å². The highest BCUT2D eigenvalue weighted by Gasteiger charge is 2.21. The summed E-state index contributed by atoms with van der Waals surface area (Å²) in [6.07, 6.45) is 5.50. The summed E-state index contributed by atoms with van der Waals surface area (Å²) in [5.74, 6) is 1.50. The summed E-state index contributed by atoms with van der Waals surface area (Å²) >= 11 is 4.91. The highest BCUT2D eigenvalue weighted by molar-refractivity contribution is 7.80. The number of thiocarbonyl (C=S) groups is 1. The van der Waals surface area contributed by atoms with Gasteiger partial charge in [-0.05, 0) is 43.0 Å². The highest BCUT2D eigenvalue weighted by Crippen LogP contribution is 2.26. The molecule has 1 aliphatic carbocycles. The van der Waals surface area contributed by atoms with Crippen LogP contribution in [0.15, 0.2) is 24.3 Å². The van der Waals surface area contributed by atoms with Gasteiger partial charge in [0, 0.05) is 5.56 Å². The Balaban J connectivity index is 1.69. The summed E-state index contributed by atoms with van der Waals surface area (Å²) in [7, 11) is 0. The van der Waals surface area contributed by atoms with Crippen LogP contribution in [0.5, 0.6) is 5.75 Å². The minimum atomic E-state index is 0.407. The molecule has 4 heteroatoms. The van der Waals surface area contributed by atoms with Gasteiger partial charge in [-0.1, -0.05) is 32.0 Å². The number of rotatable bonds is 6. The van der Waals surface area contributed by atoms with E-state index in [9.17, 15) is 0 Å². The second kappa shape index (κ2) is 7.60. The van der Waals surface area contributed by atoms with Crippen LogP contribution in [0.3, 0.4) is 0 Å². The van der Waals surface area contributed by atoms with E-state index < -0.39 is 0 Å². The molecule has 3 nitrogen and oxygen atoms in total. The van der Waals surface area contributed by atoms with Crippen molar-refractivity contribution in [2.75, 3.05) is 13.2 Å². The van der Waals surface area contributed by atoms with E-state index in [0.29, 0.717) is 30.2 Å². The standard InChI is InChI=1S/C16H23NO2S/c1-12-4-2-3-5-15(12)19-11-10-18-14-8-6-13(7-9-14)16(17)20/h6-9,12,15H,2-5,10-11H2,1H3,(H2,17,20). The van der Waals surface area contributed by atoms with Crippen molar-refractivity contribution in [1.29, 1.82) is 0 Å². The van der Waals surface area contributed by atoms with Gasteiger partial charge in [0.15, 0.2) is 0 Å². The van der Waals surface area contributed by atoms with Gasteiger partial charge >= 0.3 is 0 Å². The van der Waals surface area contributed by atoms with Crippen LogP contribution in [0.1, 0.15) is 38.2 Å². The lowest BCUT2D eigenvalue weighted by Crippen LogP contribution is -2.27. The molecule has 1 aromatic rings. The fraction of sp³-hybridized carbons (Fsp3) is 0.562. The van der Waals surface area contributed by atoms with Gasteiger partial charge in [-0.3, -0.25) is 0 Å². The summed E-state index contributed by atoms with van der Waals surface area (Å²) in [4.78, 5) is 0.408. The monoisotopic (exact) mass is 293 g/mol. The van der Waals surface area contributed by atoms with Crippen molar-refractivity contribution < 1.29 is 9.47 Å². The first-order chi connectivity index (χ1) is 9.66. The Labute approximate surface area is 126 Å². The van der Waals surface area contributed by atoms with Crippen LogP contribution in [-0.2, 0) is 4.74 Å². The molecule has 1 fully saturated rings. The van der Waals surface area contributed by atoms with Crippen molar-refractivity contribution in [2.45, 2.75) is 38.7 Å². The fourth-order valence-electron chi connectivity index (χ4n) is 2.60. The molecule has 0 aliphatic heterocycles. The van der Waals surface area contributed by atoms with E-state index in [1.807, 2.05) is 24.3 Å². The third-order valence-electron chi connectivity index (χ3n) is 3.86. The Morgan fingerprint density at radius 3 is 2.55 bits per heavy atom. The van der Waals surface area contributed by atoms with Crippen molar-refractivity contribution >= 4 is 17.2 Å². The maximum Gasteiger partial charge on any atom is 0.119 e. The largest absolute Gasteiger partial charge is 0.491 e. The molecule has 2 atom stereocenters. The Hall–Kier alpha value is -1.13. The molecule has 0 radical (unpaired) electrons. The maximum absolute atomic E-state index is 5.91. The van der Waals surface area contributed by atoms with Crippen molar-refractivity contribution in [3.8, 4) is 5.75 Å². The normalized spacial score (nSPS) is 22.4. The lowest BCUT2D eigenvalue weighted by atomic mass is 9.88. The molecular weight excluding hydrogens is 270 g/mol. The molecule has 0 spiro atoms. The van der Waals surface area contributed by atoms with Crippen LogP contribution < -0.4 is 10.5 Å². The topological polar surface area (TPSA) is 44.5 Å². The van der Waals surface area contributed by atoms with Gasteiger partial charge in [0.2, 0.25) is 0 Å². The molecule has 2 N–H and O–H groups in total. The van der Waals surface area contributed by atoms with Crippen molar-refractivity contribution in [3.63, 3.8) is 0 Å². The zero-order valence-corrected chi connectivity index (χ0v) is 12.8. The molecule has 0 amide bonds. The van der Waals surface area contributed by atoms with Crippen molar-refractivity contribution in [3.05, 3.63) is 29.8 Å². The Bertz CT molecular complexity index is 433. The van der Waals surface area contributed by atoms with Crippen LogP contribution in [-0.4, -0.2) is 24.3 Å². The molecule has 0 heterocycles. The Kier molecular flexibility index (Phi) is 5.80. The molecule has 2 rings (SSSR count). The summed E-state index contributed by atoms with van der Waals surface area (Å²) in [6.45, 7) is 3.50. The Morgan fingerprint density at radius 1 is 1.20 bits per heavy atom. The molecule has 2 unspecified atom stereocenters. The van der Waals surface area contributed by atoms with Gasteiger partial charge in [-0.25, -0.2) is 0 Å². The van der Waals surface area contributed by atoms with E-state index in [0.717, 1.165) is 11.3 Å². The summed E-state index contributed by atoms with van der Waals surface area (Å²) in [6, 6.07) is 7.53. The summed E-state index contributed by atoms with van der Waals surface area (Å²) in [5, 5.41) is 0. The average molecular weight is 293 g/mol. The van der Waals surface area contributed by atoms with Crippen LogP contribution in [0, 0.1) is 5.92 Å². The van der Waals surface area contributed by atoms with Gasteiger partial charge in [-0.2, -0.15) is 0 Å². The molecule has 110 valence electrons. The quantitative estimate of drug-likeness (QED) is 0.645. The Morgan fingerprint density at radius 2 is 1.90 bits per heavy atom. The molecule has 0 bridgehead atoms. The number of nitrogens with two attached hydrogens (primary N) is 1. The number of hydrogen-bond donors (Lipinski definition) is 1. The number of benzene rings is 1. The lowest BCUT2D eigenvalue weighted by molar-refractivity contribution is -0.0165. The maximum atomic E-state index is 5.91. The molecule has 0 aromatic heterocycles. The number of hydrogen-bond acceptors (Lipinski definition) is 3. The fourth-order valence-corrected chi connectivity index (χ4v) is 2.74. The van der Waals surface area contributed by atoms with E-state index in [1.54, 1.807) is 0 Å². The lowest BCUT2D eigenvalue weighted by Gasteiger charge is -2.28. The van der Waals surface area contributed by atoms with E-state index in [1.165, 1.54) is 25.7 Å². The second-order valence-electron chi connectivity index (χ2n) is 5.41. The van der Waals surface area contributed by atoms with Crippen LogP contribution in [0.2, 0.25) is 0 Å². The van der Waals surface area contributed by atoms with Gasteiger partial charge in [0.05, 0.1) is 12.7 Å². The zero-order chi connectivity index (χ0) is 14.4. The van der Waals surface area contributed by atoms with Crippen molar-refractivity contribution in [1.82, 2.24) is 0 Å². The van der Waals surface area contributed by atoms with Crippen LogP contribution in [0.25, 0.3) is 0 Å². The third-order valence-corrected chi connectivity index (χ3v) is 4.09. The predicted octanol–water partition coefficient (Wildman–Crippen LogP) is 3.29. The second-order valence-corrected chi connectivity index (χ2v) is 5.85. The molecule has 20 heavy (non-hydrogen) atoms. The SMILES string of the molecule is CC1CCCCC1OCCOc1ccc(C(N)=S)cc1. The van der Waals surface area contributed by atoms with Crippen molar-refractivity contribution in [2.24, 2.45) is 11.7 Å². The highest BCUT2D eigenvalue weighted by atomic mass is 32.1. The van der Waals surface area contributed by atoms with Crippen LogP contribution in [0.4, 0.5) is 0 Å². The smallest absolute Gasteiger partial charge is 0.119 e. The average Bonchev–Trinajstić information content (AvgIpc) is 2.46. The predicted molar refractivity (Wildman–Crippen MR) is 85.2 cm³/mol. The van der Waals surface area contributed by atoms with E-state index in [-0.39, 0.29) is 0 Å². The molecule has 1 saturated carbocycles. The first-order valence-electron chi connectivity index (χ1n) is 7.31. The van der Waals surface area contributed by atoms with E-state index in [4.69, 9.17) is 27.4 Å². The van der Waals surface area contributed by atoms with E-state index >= 15 is 0 Å². The van der Waals surface area contributed by atoms with Gasteiger partial charge in [0.1, 0.15) is 17.3 Å². The van der Waals surface area contributed by atoms with Gasteiger partial charge < -0.3 is 15.2 Å². The molecular formula is C16H23NO2S. The minimum absolute atomic E-state index is 0.407. The zero-order valence-electron chi connectivity index (χ0n) is 12.0.